The summed E-state index contributed by atoms with van der Waals surface area (Å²) in [7, 11) is 0. The average molecular weight is 170 g/mol. The van der Waals surface area contributed by atoms with Crippen LogP contribution in [0, 0.1) is 0 Å². The third kappa shape index (κ3) is 3.31. The molecule has 0 saturated carbocycles. The predicted molar refractivity (Wildman–Crippen MR) is 44.5 cm³/mol. The molecule has 1 aromatic carbocycles. The molecule has 0 aliphatic carbocycles. The Morgan fingerprint density at radius 1 is 1.11 bits per heavy atom. The van der Waals surface area contributed by atoms with Gasteiger partial charge in [-0.3, -0.25) is 4.84 Å². The second kappa shape index (κ2) is 5.36. The maximum absolute atomic E-state index is 5.28. The molecule has 3 heteroatoms. The summed E-state index contributed by atoms with van der Waals surface area (Å²) in [5.41, 5.74) is 0.925. The Labute approximate surface area is 89.5 Å². The molecule has 1 rings (SSSR count). The van der Waals surface area contributed by atoms with Gasteiger partial charge in [0.1, 0.15) is 0 Å². The van der Waals surface area contributed by atoms with E-state index in [1.54, 1.807) is 0 Å². The fraction of sp³-hybridized carbons (Fsp3) is 0. The van der Waals surface area contributed by atoms with E-state index < -0.39 is 0 Å². The summed E-state index contributed by atoms with van der Waals surface area (Å²) < 4.78 is 0. The molecule has 9 heavy (non-hydrogen) atoms. The quantitative estimate of drug-likeness (QED) is 0.494. The van der Waals surface area contributed by atoms with Crippen LogP contribution in [0.25, 0.3) is 0 Å². The molecular weight excluding hydrogens is 162 g/mol. The molecule has 46 valence electrons. The molecule has 0 unspecified atom stereocenters. The first-order chi connectivity index (χ1) is 3.93. The second-order valence-corrected chi connectivity index (χ2v) is 1.65. The van der Waals surface area contributed by atoms with Gasteiger partial charge in [0, 0.05) is 17.5 Å². The van der Waals surface area contributed by atoms with E-state index in [0.29, 0.717) is 0 Å². The predicted octanol–water partition coefficient (Wildman–Crippen LogP) is 1.34. The zero-order chi connectivity index (χ0) is 5.82. The summed E-state index contributed by atoms with van der Waals surface area (Å²) in [6, 6.07) is 9.58. The van der Waals surface area contributed by atoms with Gasteiger partial charge >= 0.3 is 37.7 Å². The first-order valence-corrected chi connectivity index (χ1v) is 2.73. The number of halogens is 1. The van der Waals surface area contributed by atoms with E-state index in [1.165, 1.54) is 0 Å². The molecule has 0 heterocycles. The van der Waals surface area contributed by atoms with E-state index in [9.17, 15) is 0 Å². The molecule has 1 N–H and O–H groups in total. The summed E-state index contributed by atoms with van der Waals surface area (Å²) in [5.74, 6) is 0. The molecule has 0 bridgehead atoms. The van der Waals surface area contributed by atoms with Crippen molar-refractivity contribution in [2.75, 3.05) is 4.84 Å². The van der Waals surface area contributed by atoms with Crippen LogP contribution in [0.1, 0.15) is 0 Å². The number of anilines is 1. The topological polar surface area (TPSA) is 12.0 Å². The Balaban J connectivity index is 0.000000640. The summed E-state index contributed by atoms with van der Waals surface area (Å²) in [4.78, 5) is 2.50. The summed E-state index contributed by atoms with van der Waals surface area (Å²) in [6.07, 6.45) is 0. The molecule has 0 atom stereocenters. The van der Waals surface area contributed by atoms with Crippen molar-refractivity contribution in [3.05, 3.63) is 30.3 Å². The molecule has 0 amide bonds. The van der Waals surface area contributed by atoms with Crippen LogP contribution in [0.3, 0.4) is 0 Å². The average Bonchev–Trinajstić information content (AvgIpc) is 1.90. The Bertz CT molecular complexity index is 154. The molecule has 0 aliphatic heterocycles. The van der Waals surface area contributed by atoms with Crippen LogP contribution in [0.5, 0.6) is 0 Å². The van der Waals surface area contributed by atoms with Gasteiger partial charge in [-0.05, 0) is 12.1 Å². The van der Waals surface area contributed by atoms with Crippen molar-refractivity contribution in [1.82, 2.24) is 0 Å². The van der Waals surface area contributed by atoms with Crippen molar-refractivity contribution in [3.8, 4) is 0 Å². The van der Waals surface area contributed by atoms with Gasteiger partial charge in [-0.15, -0.1) is 0 Å². The summed E-state index contributed by atoms with van der Waals surface area (Å²) in [6.45, 7) is 0. The molecule has 0 aliphatic rings. The molecule has 0 aromatic heterocycles. The third-order valence-electron chi connectivity index (χ3n) is 0.883. The molecule has 0 spiro atoms. The van der Waals surface area contributed by atoms with Gasteiger partial charge in [-0.25, -0.2) is 0 Å². The van der Waals surface area contributed by atoms with Gasteiger partial charge in [0.25, 0.3) is 0 Å². The normalized spacial score (nSPS) is 7.67. The van der Waals surface area contributed by atoms with E-state index in [2.05, 4.69) is 4.84 Å². The van der Waals surface area contributed by atoms with E-state index in [0.717, 1.165) is 5.69 Å². The fourth-order valence-corrected chi connectivity index (χ4v) is 0.627. The van der Waals surface area contributed by atoms with Crippen LogP contribution in [-0.2, 0) is 0 Å². The van der Waals surface area contributed by atoms with Crippen LogP contribution in [-0.4, -0.2) is 37.7 Å². The molecule has 0 saturated heterocycles. The van der Waals surface area contributed by atoms with Gasteiger partial charge < -0.3 is 0 Å². The molecule has 0 fully saturated rings. The second-order valence-electron chi connectivity index (χ2n) is 1.46. The number of rotatable bonds is 1. The van der Waals surface area contributed by atoms with Crippen molar-refractivity contribution in [2.24, 2.45) is 0 Å². The molecular formula is C6H8CaClN. The zero-order valence-corrected chi connectivity index (χ0v) is 5.02. The van der Waals surface area contributed by atoms with Gasteiger partial charge in [-0.2, -0.15) is 0 Å². The molecule has 0 radical (unpaired) electrons. The number of nitrogens with one attached hydrogen (secondary N) is 1. The first kappa shape index (κ1) is 9.57. The van der Waals surface area contributed by atoms with Crippen molar-refractivity contribution in [2.45, 2.75) is 0 Å². The fourth-order valence-electron chi connectivity index (χ4n) is 0.501. The van der Waals surface area contributed by atoms with Gasteiger partial charge in [0.05, 0.1) is 0 Å². The van der Waals surface area contributed by atoms with Gasteiger partial charge in [0.15, 0.2) is 0 Å². The van der Waals surface area contributed by atoms with Crippen LogP contribution < -0.4 is 4.84 Å². The standard InChI is InChI=1S/C6H6ClN.Ca.2H/c7-8-6-4-2-1-3-5-6;;;/h1-5,8H;;;. The Kier molecular flexibility index (Phi) is 5.70. The summed E-state index contributed by atoms with van der Waals surface area (Å²) >= 11 is 5.28. The number of hydrogen-bond acceptors (Lipinski definition) is 1. The zero-order valence-electron chi connectivity index (χ0n) is 4.26. The Hall–Kier alpha value is 0.570. The Morgan fingerprint density at radius 2 is 1.67 bits per heavy atom. The minimum absolute atomic E-state index is 0. The van der Waals surface area contributed by atoms with Gasteiger partial charge in [-0.1, -0.05) is 18.2 Å². The van der Waals surface area contributed by atoms with Crippen molar-refractivity contribution in [3.63, 3.8) is 0 Å². The molecule has 1 nitrogen and oxygen atoms in total. The first-order valence-electron chi connectivity index (χ1n) is 2.35. The third-order valence-corrected chi connectivity index (χ3v) is 1.10. The maximum atomic E-state index is 5.28. The Morgan fingerprint density at radius 3 is 2.00 bits per heavy atom. The van der Waals surface area contributed by atoms with Crippen molar-refractivity contribution in [1.29, 1.82) is 0 Å². The van der Waals surface area contributed by atoms with Crippen LogP contribution in [0.15, 0.2) is 30.3 Å². The van der Waals surface area contributed by atoms with Crippen LogP contribution in [0.2, 0.25) is 0 Å². The van der Waals surface area contributed by atoms with Crippen molar-refractivity contribution >= 4 is 55.2 Å². The van der Waals surface area contributed by atoms with Crippen LogP contribution >= 0.6 is 11.8 Å². The number of para-hydroxylation sites is 1. The van der Waals surface area contributed by atoms with Crippen LogP contribution in [0.4, 0.5) is 5.69 Å². The summed E-state index contributed by atoms with van der Waals surface area (Å²) in [5, 5.41) is 0. The van der Waals surface area contributed by atoms with E-state index in [-0.39, 0.29) is 37.7 Å². The van der Waals surface area contributed by atoms with E-state index in [4.69, 9.17) is 11.8 Å². The van der Waals surface area contributed by atoms with E-state index in [1.807, 2.05) is 30.3 Å². The monoisotopic (exact) mass is 169 g/mol. The van der Waals surface area contributed by atoms with Gasteiger partial charge in [0.2, 0.25) is 0 Å². The SMILES string of the molecule is ClNc1ccccc1.[CaH2]. The minimum atomic E-state index is 0. The number of benzene rings is 1. The van der Waals surface area contributed by atoms with E-state index >= 15 is 0 Å². The number of hydrogen-bond donors (Lipinski definition) is 1. The van der Waals surface area contributed by atoms with Crippen molar-refractivity contribution < 1.29 is 0 Å². The molecule has 1 aromatic rings.